The van der Waals surface area contributed by atoms with Gasteiger partial charge < -0.3 is 4.43 Å². The van der Waals surface area contributed by atoms with Gasteiger partial charge in [0.2, 0.25) is 0 Å². The van der Waals surface area contributed by atoms with Crippen LogP contribution < -0.4 is 14.8 Å². The first-order valence-corrected chi connectivity index (χ1v) is 15.3. The third-order valence-electron chi connectivity index (χ3n) is 6.91. The highest BCUT2D eigenvalue weighted by Crippen LogP contribution is 2.40. The Morgan fingerprint density at radius 1 is 0.842 bits per heavy atom. The quantitative estimate of drug-likeness (QED) is 0.192. The Morgan fingerprint density at radius 3 is 2.03 bits per heavy atom. The van der Waals surface area contributed by atoms with Gasteiger partial charge in [-0.25, -0.2) is 4.39 Å². The molecule has 0 fully saturated rings. The van der Waals surface area contributed by atoms with Gasteiger partial charge in [-0.3, -0.25) is 4.68 Å². The average molecular weight is 586 g/mol. The van der Waals surface area contributed by atoms with Crippen LogP contribution >= 0.6 is 15.9 Å². The summed E-state index contributed by atoms with van der Waals surface area (Å²) in [6, 6.07) is 32.0. The fourth-order valence-electron chi connectivity index (χ4n) is 5.11. The molecule has 5 rings (SSSR count). The molecule has 0 bridgehead atoms. The van der Waals surface area contributed by atoms with Crippen molar-refractivity contribution in [3.05, 3.63) is 119 Å². The van der Waals surface area contributed by atoms with E-state index in [1.807, 2.05) is 49.5 Å². The second-order valence-electron chi connectivity index (χ2n) is 10.5. The molecule has 5 aromatic rings. The van der Waals surface area contributed by atoms with Crippen LogP contribution in [0.2, 0.25) is 5.04 Å². The monoisotopic (exact) mass is 584 g/mol. The lowest BCUT2D eigenvalue weighted by Crippen LogP contribution is -2.68. The van der Waals surface area contributed by atoms with Crippen LogP contribution in [0.15, 0.2) is 102 Å². The summed E-state index contributed by atoms with van der Waals surface area (Å²) >= 11 is 3.43. The van der Waals surface area contributed by atoms with E-state index in [0.717, 1.165) is 32.4 Å². The van der Waals surface area contributed by atoms with E-state index < -0.39 is 8.32 Å². The number of hydrogen-bond donors (Lipinski definition) is 0. The number of aromatic nitrogens is 2. The van der Waals surface area contributed by atoms with E-state index in [1.54, 1.807) is 10.7 Å². The normalized spacial score (nSPS) is 12.4. The summed E-state index contributed by atoms with van der Waals surface area (Å²) in [7, 11) is -0.974. The maximum Gasteiger partial charge on any atom is 0.319 e. The second kappa shape index (κ2) is 10.3. The van der Waals surface area contributed by atoms with Crippen LogP contribution in [0.3, 0.4) is 0 Å². The minimum Gasteiger partial charge on any atom is -0.534 e. The van der Waals surface area contributed by atoms with Crippen molar-refractivity contribution in [3.8, 4) is 5.75 Å². The largest absolute Gasteiger partial charge is 0.534 e. The third kappa shape index (κ3) is 4.98. The Labute approximate surface area is 232 Å². The fourth-order valence-corrected chi connectivity index (χ4v) is 10.0. The lowest BCUT2D eigenvalue weighted by atomic mass is 10.1. The molecule has 0 atom stereocenters. The lowest BCUT2D eigenvalue weighted by Gasteiger charge is -2.43. The molecule has 0 N–H and O–H groups in total. The summed E-state index contributed by atoms with van der Waals surface area (Å²) in [5, 5.41) is 8.22. The van der Waals surface area contributed by atoms with Gasteiger partial charge in [-0.05, 0) is 84.8 Å². The number of hydrogen-bond acceptors (Lipinski definition) is 2. The molecular formula is C32H30BrFN2OSi. The van der Waals surface area contributed by atoms with Crippen LogP contribution in [0.5, 0.6) is 5.75 Å². The van der Waals surface area contributed by atoms with Gasteiger partial charge in [-0.2, -0.15) is 5.10 Å². The smallest absolute Gasteiger partial charge is 0.319 e. The van der Waals surface area contributed by atoms with Gasteiger partial charge in [0, 0.05) is 12.4 Å². The molecule has 3 nitrogen and oxygen atoms in total. The van der Waals surface area contributed by atoms with E-state index >= 15 is 0 Å². The molecule has 0 saturated carbocycles. The predicted octanol–water partition coefficient (Wildman–Crippen LogP) is 7.58. The van der Waals surface area contributed by atoms with Crippen molar-refractivity contribution >= 4 is 57.5 Å². The summed E-state index contributed by atoms with van der Waals surface area (Å²) in [6.07, 6.45) is 4.02. The Kier molecular flexibility index (Phi) is 7.12. The Balaban J connectivity index is 1.73. The fraction of sp³-hybridized carbons (Fsp3) is 0.156. The molecule has 4 aromatic carbocycles. The number of nitrogens with zero attached hydrogens (tertiary/aromatic N) is 2. The summed E-state index contributed by atoms with van der Waals surface area (Å²) in [6.45, 7) is 6.77. The maximum atomic E-state index is 14.4. The van der Waals surface area contributed by atoms with Crippen molar-refractivity contribution in [2.24, 2.45) is 7.05 Å². The first-order valence-electron chi connectivity index (χ1n) is 12.6. The Morgan fingerprint density at radius 2 is 1.47 bits per heavy atom. The number of rotatable bonds is 6. The first-order chi connectivity index (χ1) is 18.2. The van der Waals surface area contributed by atoms with Crippen LogP contribution in [0.1, 0.15) is 32.0 Å². The van der Waals surface area contributed by atoms with Crippen molar-refractivity contribution in [2.75, 3.05) is 0 Å². The van der Waals surface area contributed by atoms with Gasteiger partial charge in [-0.1, -0.05) is 87.5 Å². The minimum atomic E-state index is -2.87. The van der Waals surface area contributed by atoms with E-state index in [1.165, 1.54) is 16.4 Å². The zero-order valence-corrected chi connectivity index (χ0v) is 24.5. The van der Waals surface area contributed by atoms with Crippen LogP contribution in [-0.4, -0.2) is 18.1 Å². The number of benzene rings is 4. The molecule has 192 valence electrons. The van der Waals surface area contributed by atoms with Gasteiger partial charge >= 0.3 is 8.32 Å². The van der Waals surface area contributed by atoms with Gasteiger partial charge in [0.1, 0.15) is 16.2 Å². The second-order valence-corrected chi connectivity index (χ2v) is 15.5. The third-order valence-corrected chi connectivity index (χ3v) is 12.2. The molecule has 1 heterocycles. The molecule has 0 saturated heterocycles. The zero-order chi connectivity index (χ0) is 26.9. The number of aryl methyl sites for hydroxylation is 1. The molecule has 0 aliphatic heterocycles. The SMILES string of the molecule is Cn1nc(Br)cc1/C=C\c1cc(O[Si](c2ccccc2)(c2ccccc2)C(C)(C)C)c2ccc(F)cc2c1. The van der Waals surface area contributed by atoms with Gasteiger partial charge in [0.25, 0.3) is 0 Å². The number of fused-ring (bicyclic) bond motifs is 1. The highest BCUT2D eigenvalue weighted by atomic mass is 79.9. The summed E-state index contributed by atoms with van der Waals surface area (Å²) in [5.74, 6) is 0.480. The lowest BCUT2D eigenvalue weighted by molar-refractivity contribution is 0.512. The van der Waals surface area contributed by atoms with Crippen molar-refractivity contribution < 1.29 is 8.82 Å². The molecule has 1 aromatic heterocycles. The highest BCUT2D eigenvalue weighted by Gasteiger charge is 2.52. The first kappa shape index (κ1) is 26.1. The molecule has 0 unspecified atom stereocenters. The molecule has 38 heavy (non-hydrogen) atoms. The number of halogens is 2. The standard InChI is InChI=1S/C32H30BrFN2OSi/c1-32(2,3)38(27-11-7-5-8-12-27,28-13-9-6-10-14-28)37-30-20-23(15-17-26-22-31(33)35-36(26)4)19-24-21-25(34)16-18-29(24)30/h5-22H,1-4H3/b17-15-. The van der Waals surface area contributed by atoms with E-state index in [-0.39, 0.29) is 10.9 Å². The van der Waals surface area contributed by atoms with Crippen molar-refractivity contribution in [1.29, 1.82) is 0 Å². The van der Waals surface area contributed by atoms with Crippen molar-refractivity contribution in [1.82, 2.24) is 9.78 Å². The molecule has 0 amide bonds. The topological polar surface area (TPSA) is 27.1 Å². The Hall–Kier alpha value is -3.48. The molecule has 0 spiro atoms. The molecule has 6 heteroatoms. The van der Waals surface area contributed by atoms with Crippen LogP contribution in [0.4, 0.5) is 4.39 Å². The van der Waals surface area contributed by atoms with E-state index in [0.29, 0.717) is 0 Å². The van der Waals surface area contributed by atoms with E-state index in [2.05, 4.69) is 96.4 Å². The molecule has 0 aliphatic carbocycles. The highest BCUT2D eigenvalue weighted by molar-refractivity contribution is 9.10. The maximum absolute atomic E-state index is 14.4. The summed E-state index contributed by atoms with van der Waals surface area (Å²) < 4.78 is 24.3. The van der Waals surface area contributed by atoms with Crippen LogP contribution in [0.25, 0.3) is 22.9 Å². The van der Waals surface area contributed by atoms with Crippen LogP contribution in [0, 0.1) is 5.82 Å². The summed E-state index contributed by atoms with van der Waals surface area (Å²) in [5.41, 5.74) is 1.87. The average Bonchev–Trinajstić information content (AvgIpc) is 3.22. The van der Waals surface area contributed by atoms with Gasteiger partial charge in [0.05, 0.1) is 5.69 Å². The summed E-state index contributed by atoms with van der Waals surface area (Å²) in [4.78, 5) is 0. The van der Waals surface area contributed by atoms with Crippen LogP contribution in [-0.2, 0) is 7.05 Å². The predicted molar refractivity (Wildman–Crippen MR) is 162 cm³/mol. The minimum absolute atomic E-state index is 0.200. The van der Waals surface area contributed by atoms with Gasteiger partial charge in [0.15, 0.2) is 0 Å². The van der Waals surface area contributed by atoms with E-state index in [9.17, 15) is 4.39 Å². The van der Waals surface area contributed by atoms with E-state index in [4.69, 9.17) is 4.43 Å². The van der Waals surface area contributed by atoms with Gasteiger partial charge in [-0.15, -0.1) is 0 Å². The zero-order valence-electron chi connectivity index (χ0n) is 22.0. The van der Waals surface area contributed by atoms with Crippen molar-refractivity contribution in [2.45, 2.75) is 25.8 Å². The van der Waals surface area contributed by atoms with Crippen molar-refractivity contribution in [3.63, 3.8) is 0 Å². The molecular weight excluding hydrogens is 555 g/mol. The molecule has 0 aliphatic rings. The molecule has 0 radical (unpaired) electrons. The Bertz CT molecular complexity index is 1570.